The molecule has 1 saturated heterocycles. The maximum Gasteiger partial charge on any atom is 0.0431 e. The lowest BCUT2D eigenvalue weighted by atomic mass is 10.2. The number of thioether (sulfide) groups is 1. The van der Waals surface area contributed by atoms with Gasteiger partial charge in [-0.25, -0.2) is 0 Å². The summed E-state index contributed by atoms with van der Waals surface area (Å²) in [7, 11) is 0. The summed E-state index contributed by atoms with van der Waals surface area (Å²) >= 11 is 1.95. The number of rotatable bonds is 6. The Morgan fingerprint density at radius 1 is 1.46 bits per heavy atom. The van der Waals surface area contributed by atoms with Gasteiger partial charge in [-0.15, -0.1) is 0 Å². The van der Waals surface area contributed by atoms with Crippen molar-refractivity contribution in [1.29, 1.82) is 0 Å². The van der Waals surface area contributed by atoms with E-state index in [-0.39, 0.29) is 0 Å². The van der Waals surface area contributed by atoms with Crippen molar-refractivity contribution in [1.82, 2.24) is 4.90 Å². The van der Waals surface area contributed by atoms with Crippen molar-refractivity contribution in [2.75, 3.05) is 31.7 Å². The van der Waals surface area contributed by atoms with E-state index in [1.54, 1.807) is 0 Å². The van der Waals surface area contributed by atoms with Crippen molar-refractivity contribution in [3.05, 3.63) is 0 Å². The zero-order chi connectivity index (χ0) is 9.52. The van der Waals surface area contributed by atoms with Gasteiger partial charge in [0.2, 0.25) is 0 Å². The van der Waals surface area contributed by atoms with E-state index >= 15 is 0 Å². The van der Waals surface area contributed by atoms with Crippen LogP contribution in [0.15, 0.2) is 0 Å². The molecule has 0 saturated carbocycles. The van der Waals surface area contributed by atoms with Gasteiger partial charge in [-0.3, -0.25) is 4.90 Å². The van der Waals surface area contributed by atoms with Crippen molar-refractivity contribution >= 4 is 11.8 Å². The van der Waals surface area contributed by atoms with Crippen molar-refractivity contribution < 1.29 is 5.11 Å². The zero-order valence-corrected chi connectivity index (χ0v) is 9.35. The molecule has 2 nitrogen and oxygen atoms in total. The molecule has 3 heteroatoms. The van der Waals surface area contributed by atoms with E-state index in [1.165, 1.54) is 31.7 Å². The first kappa shape index (κ1) is 11.3. The van der Waals surface area contributed by atoms with Crippen LogP contribution in [0.1, 0.15) is 25.7 Å². The molecule has 13 heavy (non-hydrogen) atoms. The number of aliphatic hydroxyl groups is 1. The van der Waals surface area contributed by atoms with E-state index < -0.39 is 0 Å². The summed E-state index contributed by atoms with van der Waals surface area (Å²) in [6.07, 6.45) is 7.04. The van der Waals surface area contributed by atoms with Crippen LogP contribution in [0, 0.1) is 0 Å². The third kappa shape index (κ3) is 3.88. The molecule has 1 aliphatic rings. The van der Waals surface area contributed by atoms with Crippen LogP contribution in [0.25, 0.3) is 0 Å². The molecule has 0 aliphatic carbocycles. The smallest absolute Gasteiger partial charge is 0.0431 e. The molecular formula is C10H21NOS. The highest BCUT2D eigenvalue weighted by Gasteiger charge is 2.22. The molecule has 0 aromatic rings. The molecule has 1 unspecified atom stereocenters. The monoisotopic (exact) mass is 203 g/mol. The number of hydrogen-bond donors (Lipinski definition) is 1. The lowest BCUT2D eigenvalue weighted by Gasteiger charge is -2.23. The van der Waals surface area contributed by atoms with E-state index in [0.29, 0.717) is 6.61 Å². The SMILES string of the molecule is CSCC1CCCN1CCCCO. The molecule has 0 bridgehead atoms. The molecule has 0 spiro atoms. The standard InChI is InChI=1S/C10H21NOS/c1-13-9-10-5-4-7-11(10)6-2-3-8-12/h10,12H,2-9H2,1H3. The predicted octanol–water partition coefficient (Wildman–Crippen LogP) is 1.59. The quantitative estimate of drug-likeness (QED) is 0.663. The largest absolute Gasteiger partial charge is 0.396 e. The number of unbranched alkanes of at least 4 members (excludes halogenated alkanes) is 1. The molecule has 0 aromatic carbocycles. The lowest BCUT2D eigenvalue weighted by molar-refractivity contribution is 0.240. The van der Waals surface area contributed by atoms with Crippen LogP contribution in [0.5, 0.6) is 0 Å². The maximum atomic E-state index is 8.69. The molecule has 0 aromatic heterocycles. The number of likely N-dealkylation sites (tertiary alicyclic amines) is 1. The minimum absolute atomic E-state index is 0.348. The summed E-state index contributed by atoms with van der Waals surface area (Å²) in [5.41, 5.74) is 0. The summed E-state index contributed by atoms with van der Waals surface area (Å²) in [4.78, 5) is 2.59. The summed E-state index contributed by atoms with van der Waals surface area (Å²) in [6, 6.07) is 0.814. The van der Waals surface area contributed by atoms with Crippen LogP contribution in [0.4, 0.5) is 0 Å². The van der Waals surface area contributed by atoms with Gasteiger partial charge in [0.05, 0.1) is 0 Å². The lowest BCUT2D eigenvalue weighted by Crippen LogP contribution is -2.32. The fourth-order valence-electron chi connectivity index (χ4n) is 2.00. The molecule has 1 N–H and O–H groups in total. The van der Waals surface area contributed by atoms with Crippen molar-refractivity contribution in [2.24, 2.45) is 0 Å². The topological polar surface area (TPSA) is 23.5 Å². The molecule has 0 amide bonds. The van der Waals surface area contributed by atoms with Gasteiger partial charge in [0, 0.05) is 18.4 Å². The summed E-state index contributed by atoms with van der Waals surface area (Å²) in [6.45, 7) is 2.81. The van der Waals surface area contributed by atoms with Gasteiger partial charge in [0.15, 0.2) is 0 Å². The van der Waals surface area contributed by atoms with E-state index in [1.807, 2.05) is 11.8 Å². The molecule has 1 fully saturated rings. The minimum atomic E-state index is 0.348. The van der Waals surface area contributed by atoms with Gasteiger partial charge in [-0.05, 0) is 45.0 Å². The summed E-state index contributed by atoms with van der Waals surface area (Å²) < 4.78 is 0. The Bertz CT molecular complexity index is 132. The highest BCUT2D eigenvalue weighted by atomic mass is 32.2. The maximum absolute atomic E-state index is 8.69. The van der Waals surface area contributed by atoms with Gasteiger partial charge >= 0.3 is 0 Å². The Kier molecular flexibility index (Phi) is 5.83. The first-order chi connectivity index (χ1) is 6.38. The molecule has 1 atom stereocenters. The minimum Gasteiger partial charge on any atom is -0.396 e. The normalized spacial score (nSPS) is 24.0. The Labute approximate surface area is 85.7 Å². The van der Waals surface area contributed by atoms with Gasteiger partial charge in [0.1, 0.15) is 0 Å². The highest BCUT2D eigenvalue weighted by Crippen LogP contribution is 2.20. The first-order valence-corrected chi connectivity index (χ1v) is 6.61. The fraction of sp³-hybridized carbons (Fsp3) is 1.00. The van der Waals surface area contributed by atoms with Gasteiger partial charge in [0.25, 0.3) is 0 Å². The highest BCUT2D eigenvalue weighted by molar-refractivity contribution is 7.98. The second kappa shape index (κ2) is 6.68. The Balaban J connectivity index is 2.15. The van der Waals surface area contributed by atoms with Gasteiger partial charge in [-0.2, -0.15) is 11.8 Å². The molecular weight excluding hydrogens is 182 g/mol. The third-order valence-corrected chi connectivity index (χ3v) is 3.43. The fourth-order valence-corrected chi connectivity index (χ4v) is 2.76. The Hall–Kier alpha value is 0.270. The van der Waals surface area contributed by atoms with Crippen LogP contribution < -0.4 is 0 Å². The second-order valence-electron chi connectivity index (χ2n) is 3.72. The van der Waals surface area contributed by atoms with Crippen molar-refractivity contribution in [3.8, 4) is 0 Å². The van der Waals surface area contributed by atoms with Gasteiger partial charge < -0.3 is 5.11 Å². The van der Waals surface area contributed by atoms with Crippen LogP contribution in [-0.4, -0.2) is 47.8 Å². The zero-order valence-electron chi connectivity index (χ0n) is 8.54. The van der Waals surface area contributed by atoms with Crippen LogP contribution in [-0.2, 0) is 0 Å². The van der Waals surface area contributed by atoms with Crippen molar-refractivity contribution in [3.63, 3.8) is 0 Å². The average Bonchev–Trinajstić information content (AvgIpc) is 2.54. The Morgan fingerprint density at radius 3 is 3.00 bits per heavy atom. The average molecular weight is 203 g/mol. The molecule has 1 heterocycles. The number of hydrogen-bond acceptors (Lipinski definition) is 3. The van der Waals surface area contributed by atoms with Crippen LogP contribution >= 0.6 is 11.8 Å². The van der Waals surface area contributed by atoms with Gasteiger partial charge in [-0.1, -0.05) is 0 Å². The van der Waals surface area contributed by atoms with E-state index in [9.17, 15) is 0 Å². The van der Waals surface area contributed by atoms with E-state index in [0.717, 1.165) is 18.9 Å². The summed E-state index contributed by atoms with van der Waals surface area (Å²) in [5.74, 6) is 1.28. The molecule has 1 rings (SSSR count). The van der Waals surface area contributed by atoms with E-state index in [4.69, 9.17) is 5.11 Å². The summed E-state index contributed by atoms with van der Waals surface area (Å²) in [5, 5.41) is 8.69. The number of aliphatic hydroxyl groups excluding tert-OH is 1. The third-order valence-electron chi connectivity index (χ3n) is 2.71. The molecule has 78 valence electrons. The van der Waals surface area contributed by atoms with Crippen LogP contribution in [0.2, 0.25) is 0 Å². The molecule has 1 aliphatic heterocycles. The van der Waals surface area contributed by atoms with E-state index in [2.05, 4.69) is 11.2 Å². The van der Waals surface area contributed by atoms with Crippen LogP contribution in [0.3, 0.4) is 0 Å². The first-order valence-electron chi connectivity index (χ1n) is 5.22. The predicted molar refractivity (Wildman–Crippen MR) is 59.3 cm³/mol. The number of nitrogens with zero attached hydrogens (tertiary/aromatic N) is 1. The molecule has 0 radical (unpaired) electrons. The van der Waals surface area contributed by atoms with Crippen molar-refractivity contribution in [2.45, 2.75) is 31.7 Å². The second-order valence-corrected chi connectivity index (χ2v) is 4.63. The Morgan fingerprint density at radius 2 is 2.31 bits per heavy atom.